The predicted molar refractivity (Wildman–Crippen MR) is 124 cm³/mol. The van der Waals surface area contributed by atoms with Crippen molar-refractivity contribution in [3.8, 4) is 5.88 Å². The number of nitrogens with zero attached hydrogens (tertiary/aromatic N) is 5. The molecular weight excluding hydrogens is 402 g/mol. The molecular formula is C25H27N5O2. The molecule has 0 saturated carbocycles. The molecule has 0 unspecified atom stereocenters. The molecule has 32 heavy (non-hydrogen) atoms. The summed E-state index contributed by atoms with van der Waals surface area (Å²) in [5.41, 5.74) is 3.66. The van der Waals surface area contributed by atoms with Gasteiger partial charge in [0.1, 0.15) is 5.69 Å². The summed E-state index contributed by atoms with van der Waals surface area (Å²) in [6, 6.07) is 15.5. The number of fused-ring (bicyclic) bond motifs is 1. The molecule has 0 amide bonds. The topological polar surface area (TPSA) is 73.1 Å². The van der Waals surface area contributed by atoms with Crippen LogP contribution in [0.1, 0.15) is 23.2 Å². The highest BCUT2D eigenvalue weighted by molar-refractivity contribution is 5.78. The van der Waals surface area contributed by atoms with Gasteiger partial charge in [-0.2, -0.15) is 5.10 Å². The van der Waals surface area contributed by atoms with Crippen LogP contribution in [0.15, 0.2) is 71.9 Å². The highest BCUT2D eigenvalue weighted by Crippen LogP contribution is 2.15. The zero-order valence-electron chi connectivity index (χ0n) is 18.4. The highest BCUT2D eigenvalue weighted by atomic mass is 16.5. The van der Waals surface area contributed by atoms with Gasteiger partial charge in [0.2, 0.25) is 11.3 Å². The molecule has 1 aromatic carbocycles. The molecule has 0 N–H and O–H groups in total. The summed E-state index contributed by atoms with van der Waals surface area (Å²) < 4.78 is 7.06. The molecule has 4 rings (SSSR count). The molecule has 3 aromatic heterocycles. The normalized spacial score (nSPS) is 11.2. The minimum Gasteiger partial charge on any atom is -0.481 e. The van der Waals surface area contributed by atoms with Gasteiger partial charge in [-0.25, -0.2) is 4.98 Å². The van der Waals surface area contributed by atoms with Crippen LogP contribution in [-0.4, -0.2) is 38.3 Å². The number of aromatic nitrogens is 4. The summed E-state index contributed by atoms with van der Waals surface area (Å²) in [4.78, 5) is 23.8. The summed E-state index contributed by atoms with van der Waals surface area (Å²) in [5.74, 6) is 0.581. The van der Waals surface area contributed by atoms with Crippen LogP contribution in [0.5, 0.6) is 5.88 Å². The van der Waals surface area contributed by atoms with Gasteiger partial charge in [-0.1, -0.05) is 18.2 Å². The van der Waals surface area contributed by atoms with Gasteiger partial charge in [-0.3, -0.25) is 19.4 Å². The fourth-order valence-corrected chi connectivity index (χ4v) is 3.88. The number of aryl methyl sites for hydroxylation is 2. The average Bonchev–Trinajstić information content (AvgIpc) is 2.83. The maximum absolute atomic E-state index is 13.1. The third kappa shape index (κ3) is 5.18. The Bertz CT molecular complexity index is 1240. The van der Waals surface area contributed by atoms with E-state index in [4.69, 9.17) is 4.74 Å². The van der Waals surface area contributed by atoms with Crippen LogP contribution >= 0.6 is 0 Å². The Morgan fingerprint density at radius 1 is 1.03 bits per heavy atom. The van der Waals surface area contributed by atoms with Crippen molar-refractivity contribution in [2.24, 2.45) is 7.05 Å². The zero-order chi connectivity index (χ0) is 22.3. The lowest BCUT2D eigenvalue weighted by Gasteiger charge is -2.22. The Labute approximate surface area is 187 Å². The van der Waals surface area contributed by atoms with Crippen LogP contribution in [0.4, 0.5) is 0 Å². The van der Waals surface area contributed by atoms with E-state index < -0.39 is 0 Å². The first-order valence-electron chi connectivity index (χ1n) is 10.7. The lowest BCUT2D eigenvalue weighted by molar-refractivity contribution is 0.247. The van der Waals surface area contributed by atoms with E-state index in [1.54, 1.807) is 24.2 Å². The molecule has 0 atom stereocenters. The van der Waals surface area contributed by atoms with Crippen molar-refractivity contribution in [2.75, 3.05) is 13.7 Å². The molecule has 7 heteroatoms. The monoisotopic (exact) mass is 429 g/mol. The van der Waals surface area contributed by atoms with Crippen LogP contribution in [0.2, 0.25) is 0 Å². The Morgan fingerprint density at radius 3 is 2.72 bits per heavy atom. The van der Waals surface area contributed by atoms with Crippen molar-refractivity contribution < 1.29 is 4.74 Å². The number of methoxy groups -OCH3 is 1. The molecule has 0 fully saturated rings. The van der Waals surface area contributed by atoms with Crippen molar-refractivity contribution in [3.05, 3.63) is 94.2 Å². The third-order valence-electron chi connectivity index (χ3n) is 5.48. The highest BCUT2D eigenvalue weighted by Gasteiger charge is 2.14. The van der Waals surface area contributed by atoms with E-state index in [9.17, 15) is 4.79 Å². The first kappa shape index (κ1) is 21.6. The summed E-state index contributed by atoms with van der Waals surface area (Å²) in [7, 11) is 3.49. The Morgan fingerprint density at radius 2 is 1.91 bits per heavy atom. The maximum atomic E-state index is 13.1. The van der Waals surface area contributed by atoms with Gasteiger partial charge in [0.15, 0.2) is 0 Å². The molecule has 0 aliphatic carbocycles. The van der Waals surface area contributed by atoms with Gasteiger partial charge >= 0.3 is 0 Å². The van der Waals surface area contributed by atoms with Gasteiger partial charge in [0.05, 0.1) is 12.6 Å². The fraction of sp³-hybridized carbons (Fsp3) is 0.280. The number of rotatable bonds is 9. The van der Waals surface area contributed by atoms with Crippen molar-refractivity contribution >= 4 is 10.9 Å². The van der Waals surface area contributed by atoms with Gasteiger partial charge < -0.3 is 4.74 Å². The number of hydrogen-bond donors (Lipinski definition) is 0. The lowest BCUT2D eigenvalue weighted by atomic mass is 10.1. The molecule has 0 saturated heterocycles. The van der Waals surface area contributed by atoms with Crippen molar-refractivity contribution in [1.29, 1.82) is 0 Å². The first-order valence-corrected chi connectivity index (χ1v) is 10.7. The van der Waals surface area contributed by atoms with E-state index in [0.29, 0.717) is 30.0 Å². The summed E-state index contributed by atoms with van der Waals surface area (Å²) in [6.07, 6.45) is 7.30. The van der Waals surface area contributed by atoms with Crippen molar-refractivity contribution in [1.82, 2.24) is 24.6 Å². The van der Waals surface area contributed by atoms with Gasteiger partial charge in [-0.05, 0) is 54.8 Å². The van der Waals surface area contributed by atoms with E-state index >= 15 is 0 Å². The number of benzene rings is 1. The minimum absolute atomic E-state index is 0.0109. The Balaban J connectivity index is 1.57. The minimum atomic E-state index is -0.0109. The maximum Gasteiger partial charge on any atom is 0.213 e. The molecule has 4 aromatic rings. The number of hydrogen-bond acceptors (Lipinski definition) is 6. The zero-order valence-corrected chi connectivity index (χ0v) is 18.4. The van der Waals surface area contributed by atoms with Crippen LogP contribution < -0.4 is 10.2 Å². The molecule has 0 aliphatic rings. The largest absolute Gasteiger partial charge is 0.481 e. The van der Waals surface area contributed by atoms with E-state index in [0.717, 1.165) is 30.5 Å². The fourth-order valence-electron chi connectivity index (χ4n) is 3.88. The first-order chi connectivity index (χ1) is 15.6. The lowest BCUT2D eigenvalue weighted by Crippen LogP contribution is -2.29. The standard InChI is InChI=1S/C25H27N5O2/c1-29-23-10-4-3-9-21(23)25(31)22(28-29)18-30(14-6-8-19-7-5-12-26-16-19)17-20-11-13-27-24(15-20)32-2/h3-5,7,9-13,15-16H,6,8,14,17-18H2,1-2H3. The van der Waals surface area contributed by atoms with Crippen molar-refractivity contribution in [3.63, 3.8) is 0 Å². The van der Waals surface area contributed by atoms with E-state index in [1.165, 1.54) is 5.56 Å². The molecule has 164 valence electrons. The van der Waals surface area contributed by atoms with E-state index in [1.807, 2.05) is 55.7 Å². The number of ether oxygens (including phenoxy) is 1. The van der Waals surface area contributed by atoms with Crippen molar-refractivity contribution in [2.45, 2.75) is 25.9 Å². The molecule has 7 nitrogen and oxygen atoms in total. The Kier molecular flexibility index (Phi) is 6.87. The predicted octanol–water partition coefficient (Wildman–Crippen LogP) is 3.37. The molecule has 0 radical (unpaired) electrons. The summed E-state index contributed by atoms with van der Waals surface area (Å²) in [6.45, 7) is 1.95. The van der Waals surface area contributed by atoms with E-state index in [-0.39, 0.29) is 5.43 Å². The van der Waals surface area contributed by atoms with Crippen LogP contribution in [0.3, 0.4) is 0 Å². The quantitative estimate of drug-likeness (QED) is 0.406. The molecule has 0 bridgehead atoms. The average molecular weight is 430 g/mol. The molecule has 3 heterocycles. The third-order valence-corrected chi connectivity index (χ3v) is 5.48. The molecule has 0 aliphatic heterocycles. The second kappa shape index (κ2) is 10.2. The smallest absolute Gasteiger partial charge is 0.213 e. The Hall–Kier alpha value is -3.58. The second-order valence-electron chi connectivity index (χ2n) is 7.80. The number of pyridine rings is 2. The number of para-hydroxylation sites is 1. The van der Waals surface area contributed by atoms with Crippen LogP contribution in [0.25, 0.3) is 10.9 Å². The van der Waals surface area contributed by atoms with Gasteiger partial charge in [0, 0.05) is 50.2 Å². The molecule has 0 spiro atoms. The SMILES string of the molecule is COc1cc(CN(CCCc2cccnc2)Cc2nn(C)c3ccccc3c2=O)ccn1. The summed E-state index contributed by atoms with van der Waals surface area (Å²) in [5, 5.41) is 5.29. The second-order valence-corrected chi connectivity index (χ2v) is 7.80. The van der Waals surface area contributed by atoms with Crippen LogP contribution in [0, 0.1) is 0 Å². The van der Waals surface area contributed by atoms with Gasteiger partial charge in [-0.15, -0.1) is 0 Å². The summed E-state index contributed by atoms with van der Waals surface area (Å²) >= 11 is 0. The van der Waals surface area contributed by atoms with E-state index in [2.05, 4.69) is 26.0 Å². The van der Waals surface area contributed by atoms with Crippen LogP contribution in [-0.2, 0) is 26.6 Å². The van der Waals surface area contributed by atoms with Gasteiger partial charge in [0.25, 0.3) is 0 Å².